The quantitative estimate of drug-likeness (QED) is 0.752. The summed E-state index contributed by atoms with van der Waals surface area (Å²) in [5.41, 5.74) is 2.15. The second kappa shape index (κ2) is 8.87. The van der Waals surface area contributed by atoms with Crippen molar-refractivity contribution in [2.75, 3.05) is 49.6 Å². The van der Waals surface area contributed by atoms with Crippen molar-refractivity contribution in [3.05, 3.63) is 53.6 Å². The maximum atomic E-state index is 13.6. The van der Waals surface area contributed by atoms with Gasteiger partial charge in [0, 0.05) is 32.7 Å². The molecule has 0 saturated carbocycles. The summed E-state index contributed by atoms with van der Waals surface area (Å²) in [6.45, 7) is 3.46. The number of rotatable bonds is 6. The highest BCUT2D eigenvalue weighted by Crippen LogP contribution is 2.33. The standard InChI is InChI=1S/C21H25F2N3O3S/c22-18-5-3-16(13-19(18)23)15-24-20-14-17(4-6-21(20)25-7-1-2-8-25)30(27,28)26-9-11-29-12-10-26/h3-6,13-14,24H,1-2,7-12,15H2. The molecule has 1 N–H and O–H groups in total. The Balaban J connectivity index is 1.63. The summed E-state index contributed by atoms with van der Waals surface area (Å²) in [6.07, 6.45) is 2.16. The Morgan fingerprint density at radius 3 is 2.37 bits per heavy atom. The molecule has 2 aliphatic rings. The number of nitrogens with one attached hydrogen (secondary N) is 1. The van der Waals surface area contributed by atoms with E-state index in [9.17, 15) is 17.2 Å². The molecular formula is C21H25F2N3O3S. The number of halogens is 2. The van der Waals surface area contributed by atoms with Gasteiger partial charge in [0.15, 0.2) is 11.6 Å². The molecule has 2 saturated heterocycles. The molecule has 2 fully saturated rings. The Morgan fingerprint density at radius 1 is 0.933 bits per heavy atom. The first-order valence-corrected chi connectivity index (χ1v) is 11.5. The Labute approximate surface area is 175 Å². The Hall–Kier alpha value is -2.23. The van der Waals surface area contributed by atoms with Crippen molar-refractivity contribution >= 4 is 21.4 Å². The molecule has 0 unspecified atom stereocenters. The Bertz CT molecular complexity index is 1000. The van der Waals surface area contributed by atoms with Crippen molar-refractivity contribution in [2.45, 2.75) is 24.3 Å². The van der Waals surface area contributed by atoms with Gasteiger partial charge >= 0.3 is 0 Å². The lowest BCUT2D eigenvalue weighted by atomic mass is 10.2. The van der Waals surface area contributed by atoms with Gasteiger partial charge in [0.25, 0.3) is 0 Å². The third-order valence-corrected chi connectivity index (χ3v) is 7.38. The van der Waals surface area contributed by atoms with E-state index in [2.05, 4.69) is 10.2 Å². The zero-order valence-corrected chi connectivity index (χ0v) is 17.4. The first-order valence-electron chi connectivity index (χ1n) is 10.1. The first-order chi connectivity index (χ1) is 14.4. The lowest BCUT2D eigenvalue weighted by molar-refractivity contribution is 0.0730. The monoisotopic (exact) mass is 437 g/mol. The smallest absolute Gasteiger partial charge is 0.243 e. The van der Waals surface area contributed by atoms with Gasteiger partial charge in [-0.25, -0.2) is 17.2 Å². The number of nitrogens with zero attached hydrogens (tertiary/aromatic N) is 2. The van der Waals surface area contributed by atoms with Gasteiger partial charge in [0.05, 0.1) is 29.5 Å². The van der Waals surface area contributed by atoms with Gasteiger partial charge in [-0.05, 0) is 48.7 Å². The zero-order valence-electron chi connectivity index (χ0n) is 16.6. The van der Waals surface area contributed by atoms with Gasteiger partial charge in [-0.2, -0.15) is 4.31 Å². The summed E-state index contributed by atoms with van der Waals surface area (Å²) < 4.78 is 59.6. The van der Waals surface area contributed by atoms with Crippen LogP contribution in [0.25, 0.3) is 0 Å². The van der Waals surface area contributed by atoms with Crippen LogP contribution in [0.15, 0.2) is 41.3 Å². The van der Waals surface area contributed by atoms with E-state index in [0.717, 1.165) is 43.8 Å². The van der Waals surface area contributed by atoms with E-state index in [1.165, 1.54) is 10.4 Å². The maximum absolute atomic E-state index is 13.6. The predicted molar refractivity (Wildman–Crippen MR) is 111 cm³/mol. The van der Waals surface area contributed by atoms with Gasteiger partial charge in [-0.1, -0.05) is 6.07 Å². The molecule has 162 valence electrons. The van der Waals surface area contributed by atoms with Crippen molar-refractivity contribution in [1.82, 2.24) is 4.31 Å². The largest absolute Gasteiger partial charge is 0.379 e. The molecule has 6 nitrogen and oxygen atoms in total. The number of morpholine rings is 1. The fourth-order valence-electron chi connectivity index (χ4n) is 3.83. The molecule has 0 atom stereocenters. The number of ether oxygens (including phenoxy) is 1. The molecule has 0 spiro atoms. The minimum absolute atomic E-state index is 0.208. The van der Waals surface area contributed by atoms with Gasteiger partial charge in [-0.3, -0.25) is 0 Å². The van der Waals surface area contributed by atoms with Gasteiger partial charge < -0.3 is 15.0 Å². The van der Waals surface area contributed by atoms with E-state index in [1.54, 1.807) is 12.1 Å². The highest BCUT2D eigenvalue weighted by atomic mass is 32.2. The van der Waals surface area contributed by atoms with Crippen molar-refractivity contribution in [3.8, 4) is 0 Å². The topological polar surface area (TPSA) is 61.9 Å². The molecule has 2 aromatic carbocycles. The predicted octanol–water partition coefficient (Wildman–Crippen LogP) is 3.20. The fourth-order valence-corrected chi connectivity index (χ4v) is 5.27. The van der Waals surface area contributed by atoms with E-state index >= 15 is 0 Å². The molecule has 0 radical (unpaired) electrons. The minimum Gasteiger partial charge on any atom is -0.379 e. The van der Waals surface area contributed by atoms with Crippen molar-refractivity contribution < 1.29 is 21.9 Å². The van der Waals surface area contributed by atoms with Crippen molar-refractivity contribution in [2.24, 2.45) is 0 Å². The molecule has 30 heavy (non-hydrogen) atoms. The summed E-state index contributed by atoms with van der Waals surface area (Å²) >= 11 is 0. The Kier molecular flexibility index (Phi) is 6.21. The molecule has 0 aliphatic carbocycles. The first kappa shape index (κ1) is 21.0. The molecule has 2 aliphatic heterocycles. The van der Waals surface area contributed by atoms with Crippen LogP contribution in [0, 0.1) is 11.6 Å². The number of hydrogen-bond acceptors (Lipinski definition) is 5. The Morgan fingerprint density at radius 2 is 1.67 bits per heavy atom. The summed E-state index contributed by atoms with van der Waals surface area (Å²) in [5, 5.41) is 3.23. The maximum Gasteiger partial charge on any atom is 0.243 e. The number of sulfonamides is 1. The summed E-state index contributed by atoms with van der Waals surface area (Å²) in [5.74, 6) is -1.80. The summed E-state index contributed by atoms with van der Waals surface area (Å²) in [4.78, 5) is 2.42. The SMILES string of the molecule is O=S(=O)(c1ccc(N2CCCC2)c(NCc2ccc(F)c(F)c2)c1)N1CCOCC1. The average molecular weight is 438 g/mol. The number of anilines is 2. The van der Waals surface area contributed by atoms with Crippen LogP contribution < -0.4 is 10.2 Å². The average Bonchev–Trinajstić information content (AvgIpc) is 3.30. The summed E-state index contributed by atoms with van der Waals surface area (Å²) in [6, 6.07) is 8.85. The molecule has 0 bridgehead atoms. The van der Waals surface area contributed by atoms with E-state index in [4.69, 9.17) is 4.74 Å². The van der Waals surface area contributed by atoms with Crippen LogP contribution >= 0.6 is 0 Å². The van der Waals surface area contributed by atoms with E-state index in [1.807, 2.05) is 6.07 Å². The van der Waals surface area contributed by atoms with Crippen LogP contribution in [0.5, 0.6) is 0 Å². The minimum atomic E-state index is -3.63. The van der Waals surface area contributed by atoms with Crippen LogP contribution in [-0.2, 0) is 21.3 Å². The number of benzene rings is 2. The molecule has 9 heteroatoms. The van der Waals surface area contributed by atoms with Gasteiger partial charge in [0.2, 0.25) is 10.0 Å². The molecule has 2 aromatic rings. The van der Waals surface area contributed by atoms with Crippen molar-refractivity contribution in [3.63, 3.8) is 0 Å². The normalized spacial score (nSPS) is 18.0. The van der Waals surface area contributed by atoms with Gasteiger partial charge in [-0.15, -0.1) is 0 Å². The lowest BCUT2D eigenvalue weighted by Gasteiger charge is -2.27. The fraction of sp³-hybridized carbons (Fsp3) is 0.429. The van der Waals surface area contributed by atoms with Gasteiger partial charge in [0.1, 0.15) is 0 Å². The molecule has 0 aromatic heterocycles. The van der Waals surface area contributed by atoms with Crippen LogP contribution in [-0.4, -0.2) is 52.1 Å². The molecule has 2 heterocycles. The zero-order chi connectivity index (χ0) is 21.1. The second-order valence-corrected chi connectivity index (χ2v) is 9.43. The van der Waals surface area contributed by atoms with Crippen LogP contribution in [0.4, 0.5) is 20.2 Å². The number of hydrogen-bond donors (Lipinski definition) is 1. The third kappa shape index (κ3) is 4.43. The molecule has 0 amide bonds. The second-order valence-electron chi connectivity index (χ2n) is 7.49. The lowest BCUT2D eigenvalue weighted by Crippen LogP contribution is -2.40. The summed E-state index contributed by atoms with van der Waals surface area (Å²) in [7, 11) is -3.63. The van der Waals surface area contributed by atoms with Crippen molar-refractivity contribution in [1.29, 1.82) is 0 Å². The molecular weight excluding hydrogens is 412 g/mol. The van der Waals surface area contributed by atoms with E-state index in [-0.39, 0.29) is 11.4 Å². The van der Waals surface area contributed by atoms with Crippen LogP contribution in [0.1, 0.15) is 18.4 Å². The van der Waals surface area contributed by atoms with E-state index < -0.39 is 21.7 Å². The highest BCUT2D eigenvalue weighted by Gasteiger charge is 2.27. The molecule has 4 rings (SSSR count). The van der Waals surface area contributed by atoms with Crippen LogP contribution in [0.3, 0.4) is 0 Å². The highest BCUT2D eigenvalue weighted by molar-refractivity contribution is 7.89. The van der Waals surface area contributed by atoms with Crippen LogP contribution in [0.2, 0.25) is 0 Å². The van der Waals surface area contributed by atoms with E-state index in [0.29, 0.717) is 37.6 Å². The third-order valence-electron chi connectivity index (χ3n) is 5.49.